The molecule has 0 aliphatic rings. The molecule has 0 aliphatic heterocycles. The highest BCUT2D eigenvalue weighted by atomic mass is 32.1. The fourth-order valence-electron chi connectivity index (χ4n) is 1.51. The number of hydrogen-bond acceptors (Lipinski definition) is 5. The molecule has 0 bridgehead atoms. The number of thiazole rings is 1. The summed E-state index contributed by atoms with van der Waals surface area (Å²) in [6.45, 7) is 1.43. The van der Waals surface area contributed by atoms with Crippen molar-refractivity contribution in [3.63, 3.8) is 0 Å². The van der Waals surface area contributed by atoms with Gasteiger partial charge in [0.2, 0.25) is 0 Å². The summed E-state index contributed by atoms with van der Waals surface area (Å²) in [5, 5.41) is 9.10. The predicted octanol–water partition coefficient (Wildman–Crippen LogP) is 1.67. The topological polar surface area (TPSA) is 55.4 Å². The monoisotopic (exact) mass is 234 g/mol. The van der Waals surface area contributed by atoms with Gasteiger partial charge in [-0.3, -0.25) is 4.40 Å². The number of aromatic nitrogens is 3. The largest absolute Gasteiger partial charge is 0.364 e. The van der Waals surface area contributed by atoms with Crippen molar-refractivity contribution in [2.75, 3.05) is 0 Å². The van der Waals surface area contributed by atoms with E-state index in [9.17, 15) is 0 Å². The Morgan fingerprint density at radius 3 is 3.12 bits per heavy atom. The Balaban J connectivity index is 1.61. The first kappa shape index (κ1) is 9.56. The molecule has 3 aromatic heterocycles. The van der Waals surface area contributed by atoms with E-state index in [2.05, 4.69) is 15.5 Å². The summed E-state index contributed by atoms with van der Waals surface area (Å²) >= 11 is 1.64. The minimum absolute atomic E-state index is 0.696. The molecule has 0 saturated heterocycles. The highest BCUT2D eigenvalue weighted by Crippen LogP contribution is 2.11. The normalized spacial score (nSPS) is 11.2. The smallest absolute Gasteiger partial charge is 0.193 e. The van der Waals surface area contributed by atoms with Crippen molar-refractivity contribution in [3.05, 3.63) is 41.5 Å². The van der Waals surface area contributed by atoms with Crippen LogP contribution in [0.25, 0.3) is 4.96 Å². The van der Waals surface area contributed by atoms with Gasteiger partial charge in [-0.25, -0.2) is 4.98 Å². The van der Waals surface area contributed by atoms with Crippen LogP contribution >= 0.6 is 11.3 Å². The fourth-order valence-corrected chi connectivity index (χ4v) is 2.23. The average Bonchev–Trinajstić information content (AvgIpc) is 2.91. The molecule has 0 atom stereocenters. The Hall–Kier alpha value is -1.66. The van der Waals surface area contributed by atoms with Crippen LogP contribution in [0, 0.1) is 0 Å². The van der Waals surface area contributed by atoms with Gasteiger partial charge in [-0.2, -0.15) is 0 Å². The Morgan fingerprint density at radius 1 is 1.38 bits per heavy atom. The molecule has 0 radical (unpaired) electrons. The second kappa shape index (κ2) is 4.07. The standard InChI is InChI=1S/C10H10N4OS/c1-3-15-13-8(1)5-11-6-9-7-14-2-4-16-10(14)12-9/h1-4,7,11H,5-6H2. The van der Waals surface area contributed by atoms with E-state index in [4.69, 9.17) is 4.52 Å². The van der Waals surface area contributed by atoms with Gasteiger partial charge in [0.25, 0.3) is 0 Å². The molecular formula is C10H10N4OS. The van der Waals surface area contributed by atoms with Crippen molar-refractivity contribution in [2.45, 2.75) is 13.1 Å². The average molecular weight is 234 g/mol. The molecule has 0 aromatic carbocycles. The van der Waals surface area contributed by atoms with Crippen molar-refractivity contribution in [1.29, 1.82) is 0 Å². The molecule has 3 aromatic rings. The molecule has 0 unspecified atom stereocenters. The van der Waals surface area contributed by atoms with Crippen LogP contribution in [0.1, 0.15) is 11.4 Å². The molecular weight excluding hydrogens is 224 g/mol. The van der Waals surface area contributed by atoms with Gasteiger partial charge in [0.05, 0.1) is 11.4 Å². The van der Waals surface area contributed by atoms with Crippen molar-refractivity contribution >= 4 is 16.3 Å². The highest BCUT2D eigenvalue weighted by molar-refractivity contribution is 7.15. The second-order valence-electron chi connectivity index (χ2n) is 3.42. The van der Waals surface area contributed by atoms with Crippen LogP contribution < -0.4 is 5.32 Å². The summed E-state index contributed by atoms with van der Waals surface area (Å²) in [6.07, 6.45) is 5.61. The first-order chi connectivity index (χ1) is 7.92. The van der Waals surface area contributed by atoms with E-state index in [1.165, 1.54) is 0 Å². The zero-order valence-corrected chi connectivity index (χ0v) is 9.28. The van der Waals surface area contributed by atoms with E-state index < -0.39 is 0 Å². The SMILES string of the molecule is c1cc(CNCc2cn3ccsc3n2)no1. The van der Waals surface area contributed by atoms with Gasteiger partial charge >= 0.3 is 0 Å². The van der Waals surface area contributed by atoms with Crippen molar-refractivity contribution < 1.29 is 4.52 Å². The maximum absolute atomic E-state index is 4.74. The van der Waals surface area contributed by atoms with Crippen LogP contribution in [0.2, 0.25) is 0 Å². The van der Waals surface area contributed by atoms with Gasteiger partial charge in [-0.1, -0.05) is 5.16 Å². The zero-order chi connectivity index (χ0) is 10.8. The first-order valence-electron chi connectivity index (χ1n) is 4.93. The lowest BCUT2D eigenvalue weighted by molar-refractivity contribution is 0.408. The molecule has 3 heterocycles. The molecule has 0 saturated carbocycles. The number of hydrogen-bond donors (Lipinski definition) is 1. The summed E-state index contributed by atoms with van der Waals surface area (Å²) in [6, 6.07) is 1.85. The Morgan fingerprint density at radius 2 is 2.31 bits per heavy atom. The molecule has 0 fully saturated rings. The minimum Gasteiger partial charge on any atom is -0.364 e. The van der Waals surface area contributed by atoms with Crippen molar-refractivity contribution in [1.82, 2.24) is 19.9 Å². The van der Waals surface area contributed by atoms with E-state index in [-0.39, 0.29) is 0 Å². The Labute approximate surface area is 95.7 Å². The third-order valence-electron chi connectivity index (χ3n) is 2.25. The molecule has 16 heavy (non-hydrogen) atoms. The minimum atomic E-state index is 0.696. The number of rotatable bonds is 4. The van der Waals surface area contributed by atoms with Crippen LogP contribution in [0.4, 0.5) is 0 Å². The Kier molecular flexibility index (Phi) is 2.43. The number of fused-ring (bicyclic) bond motifs is 1. The fraction of sp³-hybridized carbons (Fsp3) is 0.200. The third-order valence-corrected chi connectivity index (χ3v) is 3.02. The molecule has 0 spiro atoms. The molecule has 5 nitrogen and oxygen atoms in total. The highest BCUT2D eigenvalue weighted by Gasteiger charge is 2.02. The van der Waals surface area contributed by atoms with Gasteiger partial charge < -0.3 is 9.84 Å². The van der Waals surface area contributed by atoms with Crippen LogP contribution in [0.5, 0.6) is 0 Å². The lowest BCUT2D eigenvalue weighted by Crippen LogP contribution is -2.13. The van der Waals surface area contributed by atoms with E-state index in [1.807, 2.05) is 28.2 Å². The van der Waals surface area contributed by atoms with E-state index in [0.29, 0.717) is 6.54 Å². The zero-order valence-electron chi connectivity index (χ0n) is 8.46. The lowest BCUT2D eigenvalue weighted by Gasteiger charge is -1.97. The quantitative estimate of drug-likeness (QED) is 0.746. The van der Waals surface area contributed by atoms with Crippen molar-refractivity contribution in [2.24, 2.45) is 0 Å². The van der Waals surface area contributed by atoms with Crippen LogP contribution in [0.15, 0.2) is 34.6 Å². The summed E-state index contributed by atoms with van der Waals surface area (Å²) < 4.78 is 6.77. The van der Waals surface area contributed by atoms with Crippen LogP contribution in [-0.2, 0) is 13.1 Å². The summed E-state index contributed by atoms with van der Waals surface area (Å²) in [4.78, 5) is 5.49. The predicted molar refractivity (Wildman–Crippen MR) is 60.1 cm³/mol. The summed E-state index contributed by atoms with van der Waals surface area (Å²) in [7, 11) is 0. The molecule has 1 N–H and O–H groups in total. The van der Waals surface area contributed by atoms with Gasteiger partial charge in [0.1, 0.15) is 6.26 Å². The van der Waals surface area contributed by atoms with E-state index in [1.54, 1.807) is 17.6 Å². The number of nitrogens with one attached hydrogen (secondary N) is 1. The molecule has 82 valence electrons. The summed E-state index contributed by atoms with van der Waals surface area (Å²) in [5.41, 5.74) is 1.94. The molecule has 3 rings (SSSR count). The molecule has 0 amide bonds. The number of nitrogens with zero attached hydrogens (tertiary/aromatic N) is 3. The molecule has 6 heteroatoms. The number of imidazole rings is 1. The summed E-state index contributed by atoms with van der Waals surface area (Å²) in [5.74, 6) is 0. The van der Waals surface area contributed by atoms with E-state index in [0.717, 1.165) is 22.9 Å². The second-order valence-corrected chi connectivity index (χ2v) is 4.29. The van der Waals surface area contributed by atoms with Crippen LogP contribution in [0.3, 0.4) is 0 Å². The van der Waals surface area contributed by atoms with Gasteiger partial charge in [-0.15, -0.1) is 11.3 Å². The van der Waals surface area contributed by atoms with Crippen molar-refractivity contribution in [3.8, 4) is 0 Å². The van der Waals surface area contributed by atoms with Crippen LogP contribution in [-0.4, -0.2) is 14.5 Å². The maximum atomic E-state index is 4.74. The maximum Gasteiger partial charge on any atom is 0.193 e. The third kappa shape index (κ3) is 1.84. The van der Waals surface area contributed by atoms with Gasteiger partial charge in [0, 0.05) is 36.9 Å². The van der Waals surface area contributed by atoms with E-state index >= 15 is 0 Å². The van der Waals surface area contributed by atoms with Gasteiger partial charge in [-0.05, 0) is 0 Å². The molecule has 0 aliphatic carbocycles. The lowest BCUT2D eigenvalue weighted by atomic mass is 10.4. The van der Waals surface area contributed by atoms with Gasteiger partial charge in [0.15, 0.2) is 4.96 Å². The first-order valence-corrected chi connectivity index (χ1v) is 5.81. The Bertz CT molecular complexity index is 540.